The second-order valence-electron chi connectivity index (χ2n) is 6.95. The molecule has 0 atom stereocenters. The normalized spacial score (nSPS) is 16.1. The molecule has 27 heavy (non-hydrogen) atoms. The van der Waals surface area contributed by atoms with Crippen LogP contribution in [0.5, 0.6) is 0 Å². The van der Waals surface area contributed by atoms with Crippen molar-refractivity contribution in [3.05, 3.63) is 30.3 Å². The van der Waals surface area contributed by atoms with Gasteiger partial charge in [-0.05, 0) is 31.4 Å². The van der Waals surface area contributed by atoms with E-state index in [1.54, 1.807) is 19.2 Å². The van der Waals surface area contributed by atoms with E-state index in [-0.39, 0.29) is 30.0 Å². The van der Waals surface area contributed by atoms with E-state index in [1.165, 1.54) is 9.21 Å². The largest absolute Gasteiger partial charge is 0.336 e. The van der Waals surface area contributed by atoms with Crippen LogP contribution in [0.15, 0.2) is 30.3 Å². The molecule has 1 aliphatic rings. The maximum atomic E-state index is 12.6. The Labute approximate surface area is 161 Å². The molecule has 1 N–H and O–H groups in total. The zero-order chi connectivity index (χ0) is 19.9. The molecule has 150 valence electrons. The maximum absolute atomic E-state index is 12.6. The predicted octanol–water partition coefficient (Wildman–Crippen LogP) is 1.93. The van der Waals surface area contributed by atoms with Crippen molar-refractivity contribution in [2.24, 2.45) is 5.92 Å². The SMILES string of the molecule is CCCCS(=O)(=O)N1CCC(C(=O)N(C)CC(=O)Nc2ccccc2)CC1. The van der Waals surface area contributed by atoms with Gasteiger partial charge in [0, 0.05) is 31.7 Å². The summed E-state index contributed by atoms with van der Waals surface area (Å²) in [5, 5.41) is 2.76. The topological polar surface area (TPSA) is 86.8 Å². The fraction of sp³-hybridized carbons (Fsp3) is 0.579. The van der Waals surface area contributed by atoms with E-state index in [2.05, 4.69) is 5.32 Å². The highest BCUT2D eigenvalue weighted by molar-refractivity contribution is 7.89. The second kappa shape index (κ2) is 9.85. The second-order valence-corrected chi connectivity index (χ2v) is 9.04. The summed E-state index contributed by atoms with van der Waals surface area (Å²) in [6.45, 7) is 2.67. The first-order valence-corrected chi connectivity index (χ1v) is 11.0. The first kappa shape index (κ1) is 21.4. The first-order chi connectivity index (χ1) is 12.8. The number of sulfonamides is 1. The van der Waals surface area contributed by atoms with Gasteiger partial charge in [-0.15, -0.1) is 0 Å². The molecule has 1 saturated heterocycles. The quantitative estimate of drug-likeness (QED) is 0.729. The van der Waals surface area contributed by atoms with Crippen molar-refractivity contribution in [2.75, 3.05) is 37.8 Å². The molecule has 1 fully saturated rings. The van der Waals surface area contributed by atoms with Crippen molar-refractivity contribution in [1.29, 1.82) is 0 Å². The number of anilines is 1. The van der Waals surface area contributed by atoms with Gasteiger partial charge in [-0.25, -0.2) is 12.7 Å². The number of rotatable bonds is 8. The molecule has 1 aromatic rings. The molecule has 0 saturated carbocycles. The lowest BCUT2D eigenvalue weighted by atomic mass is 9.96. The summed E-state index contributed by atoms with van der Waals surface area (Å²) in [6, 6.07) is 9.09. The van der Waals surface area contributed by atoms with Crippen LogP contribution in [0.4, 0.5) is 5.69 Å². The number of nitrogens with one attached hydrogen (secondary N) is 1. The fourth-order valence-electron chi connectivity index (χ4n) is 3.16. The standard InChI is InChI=1S/C19H29N3O4S/c1-3-4-14-27(25,26)22-12-10-16(11-13-22)19(24)21(2)15-18(23)20-17-8-6-5-7-9-17/h5-9,16H,3-4,10-15H2,1-2H3,(H,20,23). The first-order valence-electron chi connectivity index (χ1n) is 9.41. The van der Waals surface area contributed by atoms with Crippen molar-refractivity contribution in [3.8, 4) is 0 Å². The van der Waals surface area contributed by atoms with Gasteiger partial charge in [-0.1, -0.05) is 31.5 Å². The van der Waals surface area contributed by atoms with Crippen molar-refractivity contribution in [1.82, 2.24) is 9.21 Å². The molecular weight excluding hydrogens is 366 g/mol. The highest BCUT2D eigenvalue weighted by Crippen LogP contribution is 2.22. The number of para-hydroxylation sites is 1. The van der Waals surface area contributed by atoms with E-state index in [0.29, 0.717) is 38.0 Å². The van der Waals surface area contributed by atoms with Gasteiger partial charge < -0.3 is 10.2 Å². The number of benzene rings is 1. The van der Waals surface area contributed by atoms with Crippen molar-refractivity contribution in [3.63, 3.8) is 0 Å². The Morgan fingerprint density at radius 3 is 2.41 bits per heavy atom. The number of unbranched alkanes of at least 4 members (excludes halogenated alkanes) is 1. The average molecular weight is 396 g/mol. The number of carbonyl (C=O) groups is 2. The van der Waals surface area contributed by atoms with Crippen LogP contribution in [-0.2, 0) is 19.6 Å². The lowest BCUT2D eigenvalue weighted by Gasteiger charge is -2.32. The molecule has 0 unspecified atom stereocenters. The zero-order valence-electron chi connectivity index (χ0n) is 16.1. The molecule has 0 bridgehead atoms. The molecule has 0 aromatic heterocycles. The van der Waals surface area contributed by atoms with Crippen LogP contribution in [0.3, 0.4) is 0 Å². The van der Waals surface area contributed by atoms with E-state index in [9.17, 15) is 18.0 Å². The average Bonchev–Trinajstić information content (AvgIpc) is 2.66. The summed E-state index contributed by atoms with van der Waals surface area (Å²) in [4.78, 5) is 26.1. The Morgan fingerprint density at radius 2 is 1.81 bits per heavy atom. The molecule has 2 amide bonds. The molecule has 1 heterocycles. The Kier molecular flexibility index (Phi) is 7.79. The van der Waals surface area contributed by atoms with Crippen LogP contribution in [0, 0.1) is 5.92 Å². The maximum Gasteiger partial charge on any atom is 0.243 e. The lowest BCUT2D eigenvalue weighted by molar-refractivity contribution is -0.138. The Morgan fingerprint density at radius 1 is 1.19 bits per heavy atom. The number of likely N-dealkylation sites (N-methyl/N-ethyl adjacent to an activating group) is 1. The van der Waals surface area contributed by atoms with Crippen LogP contribution in [0.1, 0.15) is 32.6 Å². The number of carbonyl (C=O) groups excluding carboxylic acids is 2. The summed E-state index contributed by atoms with van der Waals surface area (Å²) in [6.07, 6.45) is 2.48. The van der Waals surface area contributed by atoms with Crippen LogP contribution < -0.4 is 5.32 Å². The monoisotopic (exact) mass is 395 g/mol. The summed E-state index contributed by atoms with van der Waals surface area (Å²) < 4.78 is 26.0. The minimum absolute atomic E-state index is 0.0251. The van der Waals surface area contributed by atoms with Gasteiger partial charge in [0.05, 0.1) is 12.3 Å². The van der Waals surface area contributed by atoms with Crippen LogP contribution in [-0.4, -0.2) is 61.9 Å². The minimum Gasteiger partial charge on any atom is -0.336 e. The smallest absolute Gasteiger partial charge is 0.243 e. The Bertz CT molecular complexity index is 729. The van der Waals surface area contributed by atoms with Gasteiger partial charge in [0.15, 0.2) is 0 Å². The number of hydrogen-bond donors (Lipinski definition) is 1. The van der Waals surface area contributed by atoms with Crippen molar-refractivity contribution >= 4 is 27.5 Å². The lowest BCUT2D eigenvalue weighted by Crippen LogP contribution is -2.45. The van der Waals surface area contributed by atoms with Gasteiger partial charge >= 0.3 is 0 Å². The summed E-state index contributed by atoms with van der Waals surface area (Å²) in [5.74, 6) is -0.431. The highest BCUT2D eigenvalue weighted by atomic mass is 32.2. The molecule has 0 radical (unpaired) electrons. The molecule has 2 rings (SSSR count). The third-order valence-electron chi connectivity index (χ3n) is 4.77. The molecular formula is C19H29N3O4S. The Balaban J connectivity index is 1.81. The van der Waals surface area contributed by atoms with Gasteiger partial charge in [-0.3, -0.25) is 9.59 Å². The third kappa shape index (κ3) is 6.32. The van der Waals surface area contributed by atoms with E-state index in [0.717, 1.165) is 6.42 Å². The zero-order valence-corrected chi connectivity index (χ0v) is 16.9. The van der Waals surface area contributed by atoms with Gasteiger partial charge in [0.25, 0.3) is 0 Å². The number of hydrogen-bond acceptors (Lipinski definition) is 4. The minimum atomic E-state index is -3.22. The number of amides is 2. The number of piperidine rings is 1. The Hall–Kier alpha value is -1.93. The fourth-order valence-corrected chi connectivity index (χ4v) is 4.84. The van der Waals surface area contributed by atoms with E-state index >= 15 is 0 Å². The van der Waals surface area contributed by atoms with Gasteiger partial charge in [-0.2, -0.15) is 0 Å². The van der Waals surface area contributed by atoms with Crippen molar-refractivity contribution in [2.45, 2.75) is 32.6 Å². The molecule has 0 spiro atoms. The van der Waals surface area contributed by atoms with Crippen LogP contribution in [0.25, 0.3) is 0 Å². The molecule has 7 nitrogen and oxygen atoms in total. The van der Waals surface area contributed by atoms with Gasteiger partial charge in [0.1, 0.15) is 0 Å². The molecule has 8 heteroatoms. The van der Waals surface area contributed by atoms with E-state index in [1.807, 2.05) is 25.1 Å². The molecule has 1 aliphatic heterocycles. The van der Waals surface area contributed by atoms with Crippen molar-refractivity contribution < 1.29 is 18.0 Å². The van der Waals surface area contributed by atoms with Crippen LogP contribution in [0.2, 0.25) is 0 Å². The van der Waals surface area contributed by atoms with Crippen LogP contribution >= 0.6 is 0 Å². The predicted molar refractivity (Wildman–Crippen MR) is 106 cm³/mol. The summed E-state index contributed by atoms with van der Waals surface area (Å²) in [7, 11) is -1.62. The third-order valence-corrected chi connectivity index (χ3v) is 6.72. The van der Waals surface area contributed by atoms with E-state index < -0.39 is 10.0 Å². The molecule has 0 aliphatic carbocycles. The van der Waals surface area contributed by atoms with E-state index in [4.69, 9.17) is 0 Å². The van der Waals surface area contributed by atoms with Gasteiger partial charge in [0.2, 0.25) is 21.8 Å². The summed E-state index contributed by atoms with van der Waals surface area (Å²) in [5.41, 5.74) is 0.689. The highest BCUT2D eigenvalue weighted by Gasteiger charge is 2.32. The molecule has 1 aromatic carbocycles. The number of nitrogens with zero attached hydrogens (tertiary/aromatic N) is 2. The summed E-state index contributed by atoms with van der Waals surface area (Å²) >= 11 is 0.